The highest BCUT2D eigenvalue weighted by Crippen LogP contribution is 2.23. The summed E-state index contributed by atoms with van der Waals surface area (Å²) in [6.07, 6.45) is 5.53. The Morgan fingerprint density at radius 1 is 0.800 bits per heavy atom. The quantitative estimate of drug-likeness (QED) is 0.709. The van der Waals surface area contributed by atoms with Crippen LogP contribution >= 0.6 is 0 Å². The summed E-state index contributed by atoms with van der Waals surface area (Å²) in [5, 5.41) is 0.916. The van der Waals surface area contributed by atoms with Crippen LogP contribution in [-0.4, -0.2) is 64.1 Å². The molecule has 0 aliphatic carbocycles. The second-order valence-electron chi connectivity index (χ2n) is 8.09. The molecule has 8 heteroatoms. The van der Waals surface area contributed by atoms with Gasteiger partial charge >= 0.3 is 0 Å². The van der Waals surface area contributed by atoms with Gasteiger partial charge in [0.1, 0.15) is 29.6 Å². The number of nitrogens with two attached hydrogens (primary N) is 1. The van der Waals surface area contributed by atoms with Gasteiger partial charge in [-0.15, -0.1) is 0 Å². The van der Waals surface area contributed by atoms with E-state index in [0.29, 0.717) is 12.4 Å². The van der Waals surface area contributed by atoms with Crippen molar-refractivity contribution in [1.29, 1.82) is 0 Å². The van der Waals surface area contributed by atoms with E-state index in [9.17, 15) is 0 Å². The standard InChI is InChI=1S/C22H28N8/c23-22-17-6-2-3-7-18(17)26-19(27-22)15-28-10-12-30(13-11-28)21-14-20(24-16-25-21)29-8-4-1-5-9-29/h2-3,6-7,14,16H,1,4-5,8-13,15H2,(H2,23,26,27). The third-order valence-electron chi connectivity index (χ3n) is 6.06. The van der Waals surface area contributed by atoms with Crippen molar-refractivity contribution in [3.63, 3.8) is 0 Å². The monoisotopic (exact) mass is 404 g/mol. The number of anilines is 3. The number of para-hydroxylation sites is 1. The first-order chi connectivity index (χ1) is 14.8. The van der Waals surface area contributed by atoms with Crippen LogP contribution in [0.5, 0.6) is 0 Å². The second-order valence-corrected chi connectivity index (χ2v) is 8.09. The van der Waals surface area contributed by atoms with Crippen LogP contribution in [0.15, 0.2) is 36.7 Å². The van der Waals surface area contributed by atoms with Gasteiger partial charge in [0, 0.05) is 50.7 Å². The summed E-state index contributed by atoms with van der Waals surface area (Å²) in [4.78, 5) is 25.4. The van der Waals surface area contributed by atoms with Crippen LogP contribution in [0.3, 0.4) is 0 Å². The maximum absolute atomic E-state index is 6.14. The molecule has 30 heavy (non-hydrogen) atoms. The number of benzene rings is 1. The van der Waals surface area contributed by atoms with E-state index in [4.69, 9.17) is 10.7 Å². The molecule has 2 aliphatic rings. The predicted octanol–water partition coefficient (Wildman–Crippen LogP) is 2.31. The number of hydrogen-bond donors (Lipinski definition) is 1. The van der Waals surface area contributed by atoms with Crippen LogP contribution < -0.4 is 15.5 Å². The highest BCUT2D eigenvalue weighted by Gasteiger charge is 2.21. The Morgan fingerprint density at radius 2 is 1.50 bits per heavy atom. The lowest BCUT2D eigenvalue weighted by Crippen LogP contribution is -2.46. The molecule has 0 radical (unpaired) electrons. The number of fused-ring (bicyclic) bond motifs is 1. The number of piperazine rings is 1. The minimum atomic E-state index is 0.556. The highest BCUT2D eigenvalue weighted by molar-refractivity contribution is 5.87. The van der Waals surface area contributed by atoms with Crippen molar-refractivity contribution < 1.29 is 0 Å². The molecule has 2 saturated heterocycles. The molecule has 0 atom stereocenters. The number of rotatable bonds is 4. The summed E-state index contributed by atoms with van der Waals surface area (Å²) in [6.45, 7) is 6.65. The first-order valence-electron chi connectivity index (χ1n) is 10.8. The van der Waals surface area contributed by atoms with Gasteiger partial charge in [-0.05, 0) is 31.4 Å². The van der Waals surface area contributed by atoms with Crippen molar-refractivity contribution in [1.82, 2.24) is 24.8 Å². The van der Waals surface area contributed by atoms with Gasteiger partial charge in [-0.25, -0.2) is 19.9 Å². The van der Waals surface area contributed by atoms with Gasteiger partial charge in [0.05, 0.1) is 12.1 Å². The van der Waals surface area contributed by atoms with Crippen LogP contribution in [0.4, 0.5) is 17.5 Å². The van der Waals surface area contributed by atoms with Gasteiger partial charge in [-0.3, -0.25) is 4.90 Å². The molecule has 0 bridgehead atoms. The Kier molecular flexibility index (Phi) is 5.31. The molecule has 2 N–H and O–H groups in total. The van der Waals surface area contributed by atoms with Crippen molar-refractivity contribution in [2.24, 2.45) is 0 Å². The Balaban J connectivity index is 1.23. The summed E-state index contributed by atoms with van der Waals surface area (Å²) >= 11 is 0. The van der Waals surface area contributed by atoms with Crippen LogP contribution in [0.25, 0.3) is 10.9 Å². The highest BCUT2D eigenvalue weighted by atomic mass is 15.3. The van der Waals surface area contributed by atoms with E-state index in [1.807, 2.05) is 24.3 Å². The molecule has 2 aliphatic heterocycles. The molecule has 3 aromatic rings. The third kappa shape index (κ3) is 4.00. The molecule has 0 amide bonds. The number of aromatic nitrogens is 4. The van der Waals surface area contributed by atoms with E-state index >= 15 is 0 Å². The smallest absolute Gasteiger partial charge is 0.145 e. The fourth-order valence-corrected chi connectivity index (χ4v) is 4.36. The summed E-state index contributed by atoms with van der Waals surface area (Å²) < 4.78 is 0. The van der Waals surface area contributed by atoms with Crippen LogP contribution in [0.1, 0.15) is 25.1 Å². The zero-order valence-corrected chi connectivity index (χ0v) is 17.2. The maximum Gasteiger partial charge on any atom is 0.145 e. The van der Waals surface area contributed by atoms with Gasteiger partial charge < -0.3 is 15.5 Å². The zero-order valence-electron chi connectivity index (χ0n) is 17.2. The Hall–Kier alpha value is -3.00. The number of piperidine rings is 1. The van der Waals surface area contributed by atoms with Crippen molar-refractivity contribution in [2.45, 2.75) is 25.8 Å². The molecule has 4 heterocycles. The van der Waals surface area contributed by atoms with E-state index < -0.39 is 0 Å². The molecule has 1 aromatic carbocycles. The fraction of sp³-hybridized carbons (Fsp3) is 0.455. The van der Waals surface area contributed by atoms with E-state index in [-0.39, 0.29) is 0 Å². The molecular weight excluding hydrogens is 376 g/mol. The van der Waals surface area contributed by atoms with Crippen molar-refractivity contribution >= 4 is 28.4 Å². The van der Waals surface area contributed by atoms with Gasteiger partial charge in [-0.2, -0.15) is 0 Å². The Bertz CT molecular complexity index is 1010. The summed E-state index contributed by atoms with van der Waals surface area (Å²) in [5.41, 5.74) is 7.05. The average molecular weight is 405 g/mol. The third-order valence-corrected chi connectivity index (χ3v) is 6.06. The predicted molar refractivity (Wildman–Crippen MR) is 120 cm³/mol. The van der Waals surface area contributed by atoms with Crippen molar-refractivity contribution in [3.8, 4) is 0 Å². The summed E-state index contributed by atoms with van der Waals surface area (Å²) in [6, 6.07) is 10.0. The first kappa shape index (κ1) is 19.0. The van der Waals surface area contributed by atoms with E-state index in [0.717, 1.165) is 67.6 Å². The van der Waals surface area contributed by atoms with Crippen molar-refractivity contribution in [2.75, 3.05) is 54.8 Å². The van der Waals surface area contributed by atoms with E-state index in [1.165, 1.54) is 19.3 Å². The normalized spacial score (nSPS) is 18.1. The summed E-state index contributed by atoms with van der Waals surface area (Å²) in [5.74, 6) is 3.42. The minimum absolute atomic E-state index is 0.556. The van der Waals surface area contributed by atoms with Crippen LogP contribution in [0.2, 0.25) is 0 Å². The molecular formula is C22H28N8. The summed E-state index contributed by atoms with van der Waals surface area (Å²) in [7, 11) is 0. The molecule has 5 rings (SSSR count). The maximum atomic E-state index is 6.14. The molecule has 8 nitrogen and oxygen atoms in total. The first-order valence-corrected chi connectivity index (χ1v) is 10.8. The SMILES string of the molecule is Nc1nc(CN2CCN(c3cc(N4CCCCC4)ncn3)CC2)nc2ccccc12. The van der Waals surface area contributed by atoms with E-state index in [1.54, 1.807) is 6.33 Å². The number of nitrogen functional groups attached to an aromatic ring is 1. The lowest BCUT2D eigenvalue weighted by atomic mass is 10.1. The number of nitrogens with zero attached hydrogens (tertiary/aromatic N) is 7. The Morgan fingerprint density at radius 3 is 2.27 bits per heavy atom. The lowest BCUT2D eigenvalue weighted by molar-refractivity contribution is 0.244. The largest absolute Gasteiger partial charge is 0.383 e. The van der Waals surface area contributed by atoms with Crippen LogP contribution in [-0.2, 0) is 6.54 Å². The number of hydrogen-bond acceptors (Lipinski definition) is 8. The molecule has 2 aromatic heterocycles. The molecule has 0 unspecified atom stereocenters. The van der Waals surface area contributed by atoms with Gasteiger partial charge in [-0.1, -0.05) is 12.1 Å². The molecule has 2 fully saturated rings. The van der Waals surface area contributed by atoms with Crippen LogP contribution in [0, 0.1) is 0 Å². The second kappa shape index (κ2) is 8.39. The topological polar surface area (TPSA) is 87.3 Å². The van der Waals surface area contributed by atoms with Crippen molar-refractivity contribution in [3.05, 3.63) is 42.5 Å². The Labute approximate surface area is 176 Å². The molecule has 0 saturated carbocycles. The van der Waals surface area contributed by atoms with Gasteiger partial charge in [0.2, 0.25) is 0 Å². The molecule has 156 valence electrons. The minimum Gasteiger partial charge on any atom is -0.383 e. The lowest BCUT2D eigenvalue weighted by Gasteiger charge is -2.35. The average Bonchev–Trinajstić information content (AvgIpc) is 2.80. The van der Waals surface area contributed by atoms with Gasteiger partial charge in [0.25, 0.3) is 0 Å². The zero-order chi connectivity index (χ0) is 20.3. The van der Waals surface area contributed by atoms with E-state index in [2.05, 4.69) is 35.7 Å². The fourth-order valence-electron chi connectivity index (χ4n) is 4.36. The van der Waals surface area contributed by atoms with Gasteiger partial charge in [0.15, 0.2) is 0 Å². The molecule has 0 spiro atoms.